The predicted octanol–water partition coefficient (Wildman–Crippen LogP) is 2.33. The normalized spacial score (nSPS) is 10.4. The van der Waals surface area contributed by atoms with E-state index in [0.29, 0.717) is 0 Å². The highest BCUT2D eigenvalue weighted by Gasteiger charge is 2.03. The molecule has 0 fully saturated rings. The summed E-state index contributed by atoms with van der Waals surface area (Å²) in [5.74, 6) is 0.717. The maximum absolute atomic E-state index is 4.46. The monoisotopic (exact) mass is 222 g/mol. The predicted molar refractivity (Wildman–Crippen MR) is 64.6 cm³/mol. The lowest BCUT2D eigenvalue weighted by atomic mass is 10.2. The van der Waals surface area contributed by atoms with E-state index in [9.17, 15) is 0 Å². The van der Waals surface area contributed by atoms with Crippen molar-refractivity contribution in [3.05, 3.63) is 61.2 Å². The first-order chi connectivity index (χ1) is 8.43. The Kier molecular flexibility index (Phi) is 2.38. The summed E-state index contributed by atoms with van der Waals surface area (Å²) in [6.07, 6.45) is 6.86. The summed E-state index contributed by atoms with van der Waals surface area (Å²) in [6, 6.07) is 12.0. The molecule has 3 rings (SSSR count). The molecule has 82 valence electrons. The highest BCUT2D eigenvalue weighted by Crippen LogP contribution is 2.16. The minimum Gasteiger partial charge on any atom is -0.259 e. The third-order valence-corrected chi connectivity index (χ3v) is 2.44. The van der Waals surface area contributed by atoms with E-state index in [4.69, 9.17) is 0 Å². The standard InChI is InChI=1S/C13H10N4/c1-2-4-11(5-3-1)12-6-9-17(16-12)13-10-14-7-8-15-13/h1-10H. The molecule has 0 atom stereocenters. The molecule has 0 aliphatic heterocycles. The minimum atomic E-state index is 0.717. The highest BCUT2D eigenvalue weighted by atomic mass is 15.3. The van der Waals surface area contributed by atoms with Crippen molar-refractivity contribution in [1.82, 2.24) is 19.7 Å². The second-order valence-corrected chi connectivity index (χ2v) is 3.58. The van der Waals surface area contributed by atoms with E-state index in [1.54, 1.807) is 23.3 Å². The first-order valence-corrected chi connectivity index (χ1v) is 5.31. The Labute approximate surface area is 98.6 Å². The van der Waals surface area contributed by atoms with Crippen LogP contribution < -0.4 is 0 Å². The molecule has 0 spiro atoms. The molecule has 0 saturated heterocycles. The van der Waals surface area contributed by atoms with Gasteiger partial charge in [0.2, 0.25) is 0 Å². The molecule has 0 saturated carbocycles. The van der Waals surface area contributed by atoms with E-state index in [0.717, 1.165) is 17.1 Å². The Morgan fingerprint density at radius 2 is 1.82 bits per heavy atom. The number of hydrogen-bond acceptors (Lipinski definition) is 3. The van der Waals surface area contributed by atoms with Crippen molar-refractivity contribution in [2.24, 2.45) is 0 Å². The van der Waals surface area contributed by atoms with Crippen LogP contribution in [0, 0.1) is 0 Å². The molecular weight excluding hydrogens is 212 g/mol. The summed E-state index contributed by atoms with van der Waals surface area (Å²) in [6.45, 7) is 0. The zero-order valence-electron chi connectivity index (χ0n) is 9.06. The number of benzene rings is 1. The number of rotatable bonds is 2. The highest BCUT2D eigenvalue weighted by molar-refractivity contribution is 5.58. The molecular formula is C13H10N4. The summed E-state index contributed by atoms with van der Waals surface area (Å²) >= 11 is 0. The quantitative estimate of drug-likeness (QED) is 0.668. The van der Waals surface area contributed by atoms with Crippen LogP contribution in [0.25, 0.3) is 17.1 Å². The van der Waals surface area contributed by atoms with Gasteiger partial charge >= 0.3 is 0 Å². The molecule has 2 heterocycles. The van der Waals surface area contributed by atoms with Crippen LogP contribution in [0.15, 0.2) is 61.2 Å². The second kappa shape index (κ2) is 4.17. The van der Waals surface area contributed by atoms with Crippen molar-refractivity contribution < 1.29 is 0 Å². The number of aromatic nitrogens is 4. The van der Waals surface area contributed by atoms with Crippen LogP contribution in [0.5, 0.6) is 0 Å². The fourth-order valence-corrected chi connectivity index (χ4v) is 1.62. The van der Waals surface area contributed by atoms with E-state index in [-0.39, 0.29) is 0 Å². The van der Waals surface area contributed by atoms with Gasteiger partial charge in [-0.1, -0.05) is 30.3 Å². The Morgan fingerprint density at radius 3 is 2.59 bits per heavy atom. The molecule has 0 unspecified atom stereocenters. The second-order valence-electron chi connectivity index (χ2n) is 3.58. The zero-order chi connectivity index (χ0) is 11.5. The molecule has 0 bridgehead atoms. The van der Waals surface area contributed by atoms with Crippen LogP contribution in [-0.2, 0) is 0 Å². The van der Waals surface area contributed by atoms with E-state index >= 15 is 0 Å². The van der Waals surface area contributed by atoms with Gasteiger partial charge < -0.3 is 0 Å². The molecule has 17 heavy (non-hydrogen) atoms. The van der Waals surface area contributed by atoms with Gasteiger partial charge in [0, 0.05) is 24.2 Å². The topological polar surface area (TPSA) is 43.6 Å². The van der Waals surface area contributed by atoms with Gasteiger partial charge in [-0.15, -0.1) is 0 Å². The number of nitrogens with zero attached hydrogens (tertiary/aromatic N) is 4. The van der Waals surface area contributed by atoms with Crippen LogP contribution in [0.2, 0.25) is 0 Å². The van der Waals surface area contributed by atoms with Crippen molar-refractivity contribution >= 4 is 0 Å². The first-order valence-electron chi connectivity index (χ1n) is 5.31. The fraction of sp³-hybridized carbons (Fsp3) is 0. The van der Waals surface area contributed by atoms with Gasteiger partial charge in [0.1, 0.15) is 0 Å². The molecule has 2 aromatic heterocycles. The average Bonchev–Trinajstić information content (AvgIpc) is 2.90. The summed E-state index contributed by atoms with van der Waals surface area (Å²) in [4.78, 5) is 8.21. The summed E-state index contributed by atoms with van der Waals surface area (Å²) < 4.78 is 1.72. The van der Waals surface area contributed by atoms with E-state index in [1.807, 2.05) is 42.6 Å². The van der Waals surface area contributed by atoms with Crippen molar-refractivity contribution in [1.29, 1.82) is 0 Å². The Bertz CT molecular complexity index is 548. The Morgan fingerprint density at radius 1 is 0.941 bits per heavy atom. The van der Waals surface area contributed by atoms with Gasteiger partial charge in [-0.2, -0.15) is 5.10 Å². The van der Waals surface area contributed by atoms with Crippen LogP contribution in [0.4, 0.5) is 0 Å². The van der Waals surface area contributed by atoms with Crippen LogP contribution >= 0.6 is 0 Å². The molecule has 0 radical (unpaired) electrons. The third-order valence-electron chi connectivity index (χ3n) is 2.44. The zero-order valence-corrected chi connectivity index (χ0v) is 9.06. The summed E-state index contributed by atoms with van der Waals surface area (Å²) in [5.41, 5.74) is 2.02. The first kappa shape index (κ1) is 9.72. The van der Waals surface area contributed by atoms with E-state index in [1.165, 1.54) is 0 Å². The SMILES string of the molecule is c1ccc(-c2ccn(-c3cnccn3)n2)cc1. The lowest BCUT2D eigenvalue weighted by Gasteiger charge is -1.98. The van der Waals surface area contributed by atoms with Crippen molar-refractivity contribution in [3.8, 4) is 17.1 Å². The number of hydrogen-bond donors (Lipinski definition) is 0. The van der Waals surface area contributed by atoms with Gasteiger partial charge in [-0.3, -0.25) is 4.98 Å². The molecule has 0 aliphatic carbocycles. The lowest BCUT2D eigenvalue weighted by Crippen LogP contribution is -1.98. The smallest absolute Gasteiger partial charge is 0.171 e. The summed E-state index contributed by atoms with van der Waals surface area (Å²) in [7, 11) is 0. The van der Waals surface area contributed by atoms with E-state index < -0.39 is 0 Å². The molecule has 4 nitrogen and oxygen atoms in total. The van der Waals surface area contributed by atoms with Crippen molar-refractivity contribution in [3.63, 3.8) is 0 Å². The van der Waals surface area contributed by atoms with E-state index in [2.05, 4.69) is 15.1 Å². The van der Waals surface area contributed by atoms with Crippen molar-refractivity contribution in [2.75, 3.05) is 0 Å². The average molecular weight is 222 g/mol. The molecule has 0 N–H and O–H groups in total. The maximum Gasteiger partial charge on any atom is 0.171 e. The minimum absolute atomic E-state index is 0.717. The maximum atomic E-state index is 4.46. The largest absolute Gasteiger partial charge is 0.259 e. The Balaban J connectivity index is 1.99. The lowest BCUT2D eigenvalue weighted by molar-refractivity contribution is 0.841. The van der Waals surface area contributed by atoms with Crippen LogP contribution in [0.3, 0.4) is 0 Å². The van der Waals surface area contributed by atoms with Gasteiger partial charge in [0.05, 0.1) is 11.9 Å². The van der Waals surface area contributed by atoms with Gasteiger partial charge in [-0.05, 0) is 6.07 Å². The van der Waals surface area contributed by atoms with Crippen molar-refractivity contribution in [2.45, 2.75) is 0 Å². The van der Waals surface area contributed by atoms with Gasteiger partial charge in [-0.25, -0.2) is 9.67 Å². The fourth-order valence-electron chi connectivity index (χ4n) is 1.62. The molecule has 0 amide bonds. The van der Waals surface area contributed by atoms with Crippen LogP contribution in [-0.4, -0.2) is 19.7 Å². The summed E-state index contributed by atoms with van der Waals surface area (Å²) in [5, 5.41) is 4.46. The molecule has 0 aliphatic rings. The molecule has 4 heteroatoms. The third kappa shape index (κ3) is 1.92. The van der Waals surface area contributed by atoms with Crippen LogP contribution in [0.1, 0.15) is 0 Å². The molecule has 3 aromatic rings. The van der Waals surface area contributed by atoms with Gasteiger partial charge in [0.25, 0.3) is 0 Å². The Hall–Kier alpha value is -2.49. The molecule has 1 aromatic carbocycles. The van der Waals surface area contributed by atoms with Gasteiger partial charge in [0.15, 0.2) is 5.82 Å².